The minimum Gasteiger partial charge on any atom is -0.372 e. The van der Waals surface area contributed by atoms with Crippen LogP contribution in [0, 0.1) is 5.92 Å². The molecule has 6 nitrogen and oxygen atoms in total. The number of likely N-dealkylation sites (N-methyl/N-ethyl adjacent to an activating group) is 1. The summed E-state index contributed by atoms with van der Waals surface area (Å²) in [6.07, 6.45) is 0.936. The Hall–Kier alpha value is -1.69. The second kappa shape index (κ2) is 7.79. The van der Waals surface area contributed by atoms with Crippen molar-refractivity contribution in [1.82, 2.24) is 20.4 Å². The Morgan fingerprint density at radius 2 is 2.00 bits per heavy atom. The summed E-state index contributed by atoms with van der Waals surface area (Å²) in [6, 6.07) is 3.53. The van der Waals surface area contributed by atoms with Gasteiger partial charge in [-0.25, -0.2) is 0 Å². The maximum Gasteiger partial charge on any atom is 0.272 e. The Kier molecular flexibility index (Phi) is 6.38. The van der Waals surface area contributed by atoms with E-state index in [-0.39, 0.29) is 11.9 Å². The van der Waals surface area contributed by atoms with Gasteiger partial charge in [-0.2, -0.15) is 0 Å². The summed E-state index contributed by atoms with van der Waals surface area (Å²) < 4.78 is 0. The maximum absolute atomic E-state index is 12.2. The smallest absolute Gasteiger partial charge is 0.272 e. The Bertz CT molecular complexity index is 406. The molecule has 0 aliphatic heterocycles. The SMILES string of the molecule is CNc1ccc(C(=O)NC(CC(C)C)CN(C)C)nn1. The molecular weight excluding hydrogens is 254 g/mol. The minimum atomic E-state index is -0.173. The minimum absolute atomic E-state index is 0.114. The van der Waals surface area contributed by atoms with Crippen molar-refractivity contribution >= 4 is 11.7 Å². The summed E-state index contributed by atoms with van der Waals surface area (Å²) in [5.41, 5.74) is 0.344. The molecule has 0 fully saturated rings. The van der Waals surface area contributed by atoms with Crippen molar-refractivity contribution in [1.29, 1.82) is 0 Å². The number of nitrogens with zero attached hydrogens (tertiary/aromatic N) is 3. The molecule has 1 heterocycles. The van der Waals surface area contributed by atoms with Crippen LogP contribution in [-0.4, -0.2) is 54.7 Å². The fourth-order valence-electron chi connectivity index (χ4n) is 2.03. The van der Waals surface area contributed by atoms with E-state index in [1.807, 2.05) is 14.1 Å². The van der Waals surface area contributed by atoms with Crippen LogP contribution in [0.2, 0.25) is 0 Å². The van der Waals surface area contributed by atoms with Gasteiger partial charge < -0.3 is 15.5 Å². The van der Waals surface area contributed by atoms with E-state index in [1.165, 1.54) is 0 Å². The summed E-state index contributed by atoms with van der Waals surface area (Å²) in [7, 11) is 5.77. The van der Waals surface area contributed by atoms with Crippen LogP contribution in [0.4, 0.5) is 5.82 Å². The predicted molar refractivity (Wildman–Crippen MR) is 80.8 cm³/mol. The van der Waals surface area contributed by atoms with Gasteiger partial charge in [0.1, 0.15) is 5.82 Å². The van der Waals surface area contributed by atoms with Gasteiger partial charge in [0.05, 0.1) is 0 Å². The van der Waals surface area contributed by atoms with Crippen LogP contribution in [0.3, 0.4) is 0 Å². The molecular formula is C14H25N5O. The molecule has 0 aliphatic rings. The predicted octanol–water partition coefficient (Wildman–Crippen LogP) is 1.22. The number of nitrogens with one attached hydrogen (secondary N) is 2. The van der Waals surface area contributed by atoms with Gasteiger partial charge in [-0.15, -0.1) is 10.2 Å². The summed E-state index contributed by atoms with van der Waals surface area (Å²) in [4.78, 5) is 14.2. The number of rotatable bonds is 7. The second-order valence-electron chi connectivity index (χ2n) is 5.62. The lowest BCUT2D eigenvalue weighted by Crippen LogP contribution is -2.42. The fraction of sp³-hybridized carbons (Fsp3) is 0.643. The number of hydrogen-bond donors (Lipinski definition) is 2. The van der Waals surface area contributed by atoms with Crippen molar-refractivity contribution in [2.45, 2.75) is 26.3 Å². The average Bonchev–Trinajstić information content (AvgIpc) is 2.37. The molecule has 0 radical (unpaired) electrons. The fourth-order valence-corrected chi connectivity index (χ4v) is 2.03. The number of anilines is 1. The summed E-state index contributed by atoms with van der Waals surface area (Å²) >= 11 is 0. The van der Waals surface area contributed by atoms with Crippen LogP contribution >= 0.6 is 0 Å². The van der Waals surface area contributed by atoms with E-state index in [2.05, 4.69) is 39.6 Å². The largest absolute Gasteiger partial charge is 0.372 e. The van der Waals surface area contributed by atoms with E-state index in [0.29, 0.717) is 17.4 Å². The first kappa shape index (κ1) is 16.4. The molecule has 0 saturated carbocycles. The van der Waals surface area contributed by atoms with Gasteiger partial charge in [0, 0.05) is 19.6 Å². The lowest BCUT2D eigenvalue weighted by molar-refractivity contribution is 0.0918. The molecule has 1 amide bonds. The lowest BCUT2D eigenvalue weighted by atomic mass is 10.0. The molecule has 0 aliphatic carbocycles. The Labute approximate surface area is 121 Å². The van der Waals surface area contributed by atoms with Gasteiger partial charge in [-0.1, -0.05) is 13.8 Å². The van der Waals surface area contributed by atoms with E-state index in [9.17, 15) is 4.79 Å². The molecule has 112 valence electrons. The zero-order valence-electron chi connectivity index (χ0n) is 13.0. The van der Waals surface area contributed by atoms with Crippen LogP contribution in [0.25, 0.3) is 0 Å². The van der Waals surface area contributed by atoms with Crippen LogP contribution in [0.15, 0.2) is 12.1 Å². The number of hydrogen-bond acceptors (Lipinski definition) is 5. The highest BCUT2D eigenvalue weighted by atomic mass is 16.2. The van der Waals surface area contributed by atoms with Crippen molar-refractivity contribution in [3.8, 4) is 0 Å². The first-order chi connectivity index (χ1) is 9.42. The second-order valence-corrected chi connectivity index (χ2v) is 5.62. The van der Waals surface area contributed by atoms with Crippen molar-refractivity contribution in [3.05, 3.63) is 17.8 Å². The molecule has 1 rings (SSSR count). The molecule has 0 saturated heterocycles. The molecule has 0 spiro atoms. The van der Waals surface area contributed by atoms with E-state index >= 15 is 0 Å². The molecule has 6 heteroatoms. The Balaban J connectivity index is 2.68. The maximum atomic E-state index is 12.2. The van der Waals surface area contributed by atoms with E-state index in [1.54, 1.807) is 19.2 Å². The Morgan fingerprint density at radius 3 is 2.45 bits per heavy atom. The van der Waals surface area contributed by atoms with Crippen molar-refractivity contribution in [3.63, 3.8) is 0 Å². The molecule has 2 N–H and O–H groups in total. The van der Waals surface area contributed by atoms with Crippen molar-refractivity contribution in [2.75, 3.05) is 33.0 Å². The number of aromatic nitrogens is 2. The molecule has 20 heavy (non-hydrogen) atoms. The van der Waals surface area contributed by atoms with Gasteiger partial charge >= 0.3 is 0 Å². The number of carbonyl (C=O) groups is 1. The van der Waals surface area contributed by atoms with Crippen LogP contribution < -0.4 is 10.6 Å². The molecule has 0 aromatic carbocycles. The van der Waals surface area contributed by atoms with Gasteiger partial charge in [0.15, 0.2) is 5.69 Å². The van der Waals surface area contributed by atoms with Gasteiger partial charge in [-0.05, 0) is 38.6 Å². The molecule has 1 aromatic rings. The average molecular weight is 279 g/mol. The highest BCUT2D eigenvalue weighted by molar-refractivity contribution is 5.92. The van der Waals surface area contributed by atoms with Crippen LogP contribution in [0.1, 0.15) is 30.8 Å². The standard InChI is InChI=1S/C14H25N5O/c1-10(2)8-11(9-19(4)5)16-14(20)12-6-7-13(15-3)18-17-12/h6-7,10-11H,8-9H2,1-5H3,(H,15,18)(H,16,20). The van der Waals surface area contributed by atoms with Gasteiger partial charge in [-0.3, -0.25) is 4.79 Å². The number of carbonyl (C=O) groups excluding carboxylic acids is 1. The monoisotopic (exact) mass is 279 g/mol. The van der Waals surface area contributed by atoms with Crippen molar-refractivity contribution < 1.29 is 4.79 Å². The highest BCUT2D eigenvalue weighted by Gasteiger charge is 2.17. The molecule has 1 unspecified atom stereocenters. The van der Waals surface area contributed by atoms with Gasteiger partial charge in [0.2, 0.25) is 0 Å². The van der Waals surface area contributed by atoms with E-state index < -0.39 is 0 Å². The molecule has 1 aromatic heterocycles. The summed E-state index contributed by atoms with van der Waals surface area (Å²) in [5.74, 6) is 0.999. The summed E-state index contributed by atoms with van der Waals surface area (Å²) in [6.45, 7) is 5.11. The third-order valence-electron chi connectivity index (χ3n) is 2.83. The highest BCUT2D eigenvalue weighted by Crippen LogP contribution is 2.07. The van der Waals surface area contributed by atoms with E-state index in [0.717, 1.165) is 13.0 Å². The third-order valence-corrected chi connectivity index (χ3v) is 2.83. The van der Waals surface area contributed by atoms with Crippen molar-refractivity contribution in [2.24, 2.45) is 5.92 Å². The zero-order chi connectivity index (χ0) is 15.1. The van der Waals surface area contributed by atoms with Crippen LogP contribution in [-0.2, 0) is 0 Å². The first-order valence-corrected chi connectivity index (χ1v) is 6.89. The quantitative estimate of drug-likeness (QED) is 0.785. The first-order valence-electron chi connectivity index (χ1n) is 6.89. The normalized spacial score (nSPS) is 12.6. The Morgan fingerprint density at radius 1 is 1.30 bits per heavy atom. The molecule has 0 bridgehead atoms. The van der Waals surface area contributed by atoms with Crippen LogP contribution in [0.5, 0.6) is 0 Å². The number of amides is 1. The molecule has 1 atom stereocenters. The van der Waals surface area contributed by atoms with Gasteiger partial charge in [0.25, 0.3) is 5.91 Å². The third kappa shape index (κ3) is 5.52. The van der Waals surface area contributed by atoms with E-state index in [4.69, 9.17) is 0 Å². The lowest BCUT2D eigenvalue weighted by Gasteiger charge is -2.23. The summed E-state index contributed by atoms with van der Waals surface area (Å²) in [5, 5.41) is 13.7. The zero-order valence-corrected chi connectivity index (χ0v) is 13.0. The topological polar surface area (TPSA) is 70.2 Å².